The van der Waals surface area contributed by atoms with Crippen molar-refractivity contribution in [1.29, 1.82) is 5.26 Å². The molecule has 1 aliphatic rings. The molecule has 0 radical (unpaired) electrons. The summed E-state index contributed by atoms with van der Waals surface area (Å²) in [6.07, 6.45) is 1.89. The fourth-order valence-corrected chi connectivity index (χ4v) is 3.36. The number of methoxy groups -OCH3 is 1. The topological polar surface area (TPSA) is 71.8 Å². The molecule has 6 nitrogen and oxygen atoms in total. The van der Waals surface area contributed by atoms with Crippen LogP contribution in [0.4, 0.5) is 5.69 Å². The number of benzene rings is 2. The van der Waals surface area contributed by atoms with Gasteiger partial charge in [0.2, 0.25) is 0 Å². The van der Waals surface area contributed by atoms with Crippen molar-refractivity contribution >= 4 is 11.6 Å². The summed E-state index contributed by atoms with van der Waals surface area (Å²) >= 11 is 0. The lowest BCUT2D eigenvalue weighted by Gasteiger charge is -2.34. The summed E-state index contributed by atoms with van der Waals surface area (Å²) in [6, 6.07) is 17.2. The van der Waals surface area contributed by atoms with Crippen molar-refractivity contribution in [3.63, 3.8) is 0 Å². The van der Waals surface area contributed by atoms with E-state index in [1.54, 1.807) is 7.11 Å². The summed E-state index contributed by atoms with van der Waals surface area (Å²) in [5, 5.41) is 8.95. The van der Waals surface area contributed by atoms with Crippen molar-refractivity contribution in [3.8, 4) is 17.6 Å². The third kappa shape index (κ3) is 5.27. The highest BCUT2D eigenvalue weighted by atomic mass is 16.5. The predicted molar refractivity (Wildman–Crippen MR) is 110 cm³/mol. The number of fused-ring (bicyclic) bond motifs is 1. The number of nitrogens with zero attached hydrogens (tertiary/aromatic N) is 2. The van der Waals surface area contributed by atoms with Gasteiger partial charge in [0.15, 0.2) is 6.10 Å². The van der Waals surface area contributed by atoms with Crippen LogP contribution in [0.25, 0.3) is 0 Å². The Hall–Kier alpha value is -3.04. The quantitative estimate of drug-likeness (QED) is 0.574. The van der Waals surface area contributed by atoms with Crippen LogP contribution in [0.2, 0.25) is 0 Å². The third-order valence-electron chi connectivity index (χ3n) is 4.83. The fraction of sp³-hybridized carbons (Fsp3) is 0.391. The number of nitriles is 1. The lowest BCUT2D eigenvalue weighted by molar-refractivity contribution is -0.127. The summed E-state index contributed by atoms with van der Waals surface area (Å²) in [7, 11) is 1.68. The highest BCUT2D eigenvalue weighted by Crippen LogP contribution is 2.34. The summed E-state index contributed by atoms with van der Waals surface area (Å²) in [6.45, 7) is 1.64. The van der Waals surface area contributed by atoms with E-state index in [1.807, 2.05) is 53.4 Å². The Bertz CT molecular complexity index is 862. The normalized spacial score (nSPS) is 15.4. The Morgan fingerprint density at radius 3 is 2.72 bits per heavy atom. The number of hydrogen-bond donors (Lipinski definition) is 0. The molecule has 0 fully saturated rings. The van der Waals surface area contributed by atoms with Gasteiger partial charge >= 0.3 is 0 Å². The first kappa shape index (κ1) is 20.7. The molecule has 1 atom stereocenters. The maximum atomic E-state index is 13.0. The molecule has 6 heteroatoms. The van der Waals surface area contributed by atoms with Gasteiger partial charge in [-0.15, -0.1) is 0 Å². The summed E-state index contributed by atoms with van der Waals surface area (Å²) in [4.78, 5) is 14.8. The number of amides is 1. The van der Waals surface area contributed by atoms with Crippen LogP contribution in [-0.4, -0.2) is 38.9 Å². The zero-order chi connectivity index (χ0) is 20.5. The van der Waals surface area contributed by atoms with E-state index in [-0.39, 0.29) is 12.3 Å². The number of unbranched alkanes of at least 4 members (excludes halogenated alkanes) is 1. The van der Waals surface area contributed by atoms with Crippen LogP contribution in [0.15, 0.2) is 48.5 Å². The van der Waals surface area contributed by atoms with Crippen LogP contribution >= 0.6 is 0 Å². The van der Waals surface area contributed by atoms with Crippen LogP contribution in [0.1, 0.15) is 24.8 Å². The van der Waals surface area contributed by atoms with Gasteiger partial charge < -0.3 is 19.1 Å². The highest BCUT2D eigenvalue weighted by Gasteiger charge is 2.33. The van der Waals surface area contributed by atoms with Gasteiger partial charge in [-0.3, -0.25) is 4.79 Å². The minimum Gasteiger partial charge on any atom is -0.493 e. The number of rotatable bonds is 10. The number of hydrogen-bond acceptors (Lipinski definition) is 5. The molecule has 1 aliphatic heterocycles. The number of carbonyl (C=O) groups is 1. The Morgan fingerprint density at radius 2 is 1.90 bits per heavy atom. The molecule has 2 aromatic carbocycles. The molecule has 3 rings (SSSR count). The van der Waals surface area contributed by atoms with Crippen LogP contribution in [0.3, 0.4) is 0 Å². The maximum absolute atomic E-state index is 13.0. The Morgan fingerprint density at radius 1 is 1.10 bits per heavy atom. The SMILES string of the molecule is COCCCCN1C(=O)[C@@H](CCOc2ccccc2CC#N)Oc2ccccc21. The second-order valence-electron chi connectivity index (χ2n) is 6.84. The van der Waals surface area contributed by atoms with Gasteiger partial charge in [-0.25, -0.2) is 0 Å². The van der Waals surface area contributed by atoms with Crippen LogP contribution in [0.5, 0.6) is 11.5 Å². The average molecular weight is 394 g/mol. The van der Waals surface area contributed by atoms with Gasteiger partial charge in [-0.05, 0) is 31.0 Å². The maximum Gasteiger partial charge on any atom is 0.268 e. The van der Waals surface area contributed by atoms with Gasteiger partial charge in [-0.2, -0.15) is 5.26 Å². The van der Waals surface area contributed by atoms with Crippen LogP contribution in [-0.2, 0) is 16.0 Å². The van der Waals surface area contributed by atoms with Crippen molar-refractivity contribution < 1.29 is 19.0 Å². The molecule has 0 saturated carbocycles. The van der Waals surface area contributed by atoms with Crippen molar-refractivity contribution in [2.24, 2.45) is 0 Å². The molecule has 0 spiro atoms. The number of ether oxygens (including phenoxy) is 3. The van der Waals surface area contributed by atoms with Gasteiger partial charge in [-0.1, -0.05) is 30.3 Å². The van der Waals surface area contributed by atoms with E-state index in [0.717, 1.165) is 24.1 Å². The van der Waals surface area contributed by atoms with E-state index in [4.69, 9.17) is 19.5 Å². The van der Waals surface area contributed by atoms with Gasteiger partial charge in [0, 0.05) is 32.2 Å². The monoisotopic (exact) mass is 394 g/mol. The zero-order valence-electron chi connectivity index (χ0n) is 16.7. The van der Waals surface area contributed by atoms with E-state index < -0.39 is 6.10 Å². The summed E-state index contributed by atoms with van der Waals surface area (Å²) in [5.41, 5.74) is 1.66. The summed E-state index contributed by atoms with van der Waals surface area (Å²) in [5.74, 6) is 1.35. The Balaban J connectivity index is 1.64. The fourth-order valence-electron chi connectivity index (χ4n) is 3.36. The smallest absolute Gasteiger partial charge is 0.268 e. The van der Waals surface area contributed by atoms with E-state index in [9.17, 15) is 4.79 Å². The number of anilines is 1. The molecule has 0 N–H and O–H groups in total. The molecule has 0 saturated heterocycles. The predicted octanol–water partition coefficient (Wildman–Crippen LogP) is 3.74. The first-order valence-corrected chi connectivity index (χ1v) is 9.88. The van der Waals surface area contributed by atoms with Crippen LogP contribution < -0.4 is 14.4 Å². The minimum atomic E-state index is -0.588. The average Bonchev–Trinajstić information content (AvgIpc) is 2.74. The van der Waals surface area contributed by atoms with Crippen molar-refractivity contribution in [1.82, 2.24) is 0 Å². The third-order valence-corrected chi connectivity index (χ3v) is 4.83. The molecule has 2 aromatic rings. The van der Waals surface area contributed by atoms with Gasteiger partial charge in [0.1, 0.15) is 11.5 Å². The molecule has 0 unspecified atom stereocenters. The largest absolute Gasteiger partial charge is 0.493 e. The summed E-state index contributed by atoms with van der Waals surface area (Å²) < 4.78 is 16.9. The second kappa shape index (κ2) is 10.5. The molecular formula is C23H26N2O4. The lowest BCUT2D eigenvalue weighted by atomic mass is 10.1. The van der Waals surface area contributed by atoms with Crippen molar-refractivity contribution in [2.75, 3.05) is 31.8 Å². The van der Waals surface area contributed by atoms with Gasteiger partial charge in [0.25, 0.3) is 5.91 Å². The molecule has 29 heavy (non-hydrogen) atoms. The molecule has 0 bridgehead atoms. The Labute approximate surface area is 171 Å². The van der Waals surface area contributed by atoms with E-state index in [2.05, 4.69) is 6.07 Å². The molecule has 1 heterocycles. The molecule has 0 aromatic heterocycles. The lowest BCUT2D eigenvalue weighted by Crippen LogP contribution is -2.47. The van der Waals surface area contributed by atoms with Crippen molar-refractivity contribution in [2.45, 2.75) is 31.8 Å². The Kier molecular flexibility index (Phi) is 7.48. The number of para-hydroxylation sites is 3. The van der Waals surface area contributed by atoms with Gasteiger partial charge in [0.05, 0.1) is 24.8 Å². The standard InChI is InChI=1S/C23H26N2O4/c1-27-16-7-6-15-25-19-9-3-5-11-21(19)29-22(23(25)26)13-17-28-20-10-4-2-8-18(20)12-14-24/h2-5,8-11,22H,6-7,12-13,15-17H2,1H3/t22-/m1/s1. The van der Waals surface area contributed by atoms with E-state index >= 15 is 0 Å². The van der Waals surface area contributed by atoms with E-state index in [1.165, 1.54) is 0 Å². The first-order chi connectivity index (χ1) is 14.2. The molecule has 1 amide bonds. The molecular weight excluding hydrogens is 368 g/mol. The van der Waals surface area contributed by atoms with Crippen molar-refractivity contribution in [3.05, 3.63) is 54.1 Å². The number of carbonyl (C=O) groups excluding carboxylic acids is 1. The zero-order valence-corrected chi connectivity index (χ0v) is 16.7. The molecule has 0 aliphatic carbocycles. The molecule has 152 valence electrons. The first-order valence-electron chi connectivity index (χ1n) is 9.88. The second-order valence-corrected chi connectivity index (χ2v) is 6.84. The van der Waals surface area contributed by atoms with E-state index in [0.29, 0.717) is 37.7 Å². The minimum absolute atomic E-state index is 0.0463. The highest BCUT2D eigenvalue weighted by molar-refractivity contribution is 6.00. The van der Waals surface area contributed by atoms with Crippen LogP contribution in [0, 0.1) is 11.3 Å².